The molecular formula is C24H28ClF3N6O4S. The van der Waals surface area contributed by atoms with Gasteiger partial charge >= 0.3 is 6.18 Å². The molecule has 0 saturated carbocycles. The number of alkyl halides is 3. The van der Waals surface area contributed by atoms with Gasteiger partial charge in [0, 0.05) is 25.8 Å². The third kappa shape index (κ3) is 5.82. The molecule has 10 nitrogen and oxygen atoms in total. The molecule has 1 aliphatic rings. The van der Waals surface area contributed by atoms with Gasteiger partial charge in [-0.2, -0.15) is 22.7 Å². The molecule has 15 heteroatoms. The summed E-state index contributed by atoms with van der Waals surface area (Å²) in [6.07, 6.45) is -4.26. The quantitative estimate of drug-likeness (QED) is 0.422. The smallest absolute Gasteiger partial charge is 0.375 e. The van der Waals surface area contributed by atoms with E-state index in [9.17, 15) is 26.4 Å². The molecular weight excluding hydrogens is 561 g/mol. The Kier molecular flexibility index (Phi) is 8.11. The number of carbonyl (C=O) groups is 1. The van der Waals surface area contributed by atoms with Crippen molar-refractivity contribution in [1.82, 2.24) is 24.9 Å². The number of hydrogen-bond donors (Lipinski definition) is 2. The van der Waals surface area contributed by atoms with Crippen molar-refractivity contribution in [2.75, 3.05) is 25.2 Å². The maximum absolute atomic E-state index is 14.5. The van der Waals surface area contributed by atoms with Gasteiger partial charge in [-0.3, -0.25) is 4.79 Å². The van der Waals surface area contributed by atoms with E-state index in [1.807, 2.05) is 0 Å². The number of nitrogens with one attached hydrogen (secondary N) is 2. The third-order valence-corrected chi connectivity index (χ3v) is 9.42. The molecule has 0 radical (unpaired) electrons. The second-order valence-corrected chi connectivity index (χ2v) is 12.2. The summed E-state index contributed by atoms with van der Waals surface area (Å²) in [5, 5.41) is 7.90. The number of ether oxygens (including phenoxy) is 1. The van der Waals surface area contributed by atoms with E-state index in [-0.39, 0.29) is 28.6 Å². The van der Waals surface area contributed by atoms with Crippen molar-refractivity contribution < 1.29 is 31.1 Å². The van der Waals surface area contributed by atoms with Crippen LogP contribution in [0.4, 0.5) is 24.5 Å². The minimum atomic E-state index is -4.86. The van der Waals surface area contributed by atoms with Crippen molar-refractivity contribution in [3.05, 3.63) is 46.5 Å². The number of aromatic nitrogens is 4. The van der Waals surface area contributed by atoms with Crippen molar-refractivity contribution >= 4 is 44.5 Å². The highest BCUT2D eigenvalue weighted by atomic mass is 35.5. The number of anilines is 2. The van der Waals surface area contributed by atoms with Crippen LogP contribution in [0, 0.1) is 12.8 Å². The summed E-state index contributed by atoms with van der Waals surface area (Å²) in [5.41, 5.74) is 1.50. The van der Waals surface area contributed by atoms with Crippen LogP contribution in [0.25, 0.3) is 5.78 Å². The fraction of sp³-hybridized carbons (Fsp3) is 0.500. The molecule has 212 valence electrons. The topological polar surface area (TPSA) is 128 Å². The van der Waals surface area contributed by atoms with Gasteiger partial charge in [0.15, 0.2) is 9.84 Å². The molecule has 1 aliphatic heterocycles. The van der Waals surface area contributed by atoms with Crippen molar-refractivity contribution in [2.24, 2.45) is 5.92 Å². The predicted molar refractivity (Wildman–Crippen MR) is 139 cm³/mol. The van der Waals surface area contributed by atoms with E-state index in [1.165, 1.54) is 50.0 Å². The zero-order valence-corrected chi connectivity index (χ0v) is 23.2. The van der Waals surface area contributed by atoms with Crippen LogP contribution in [-0.2, 0) is 19.4 Å². The van der Waals surface area contributed by atoms with Gasteiger partial charge in [-0.25, -0.2) is 13.4 Å². The van der Waals surface area contributed by atoms with Crippen LogP contribution < -0.4 is 10.6 Å². The highest BCUT2D eigenvalue weighted by Gasteiger charge is 2.53. The minimum Gasteiger partial charge on any atom is -0.375 e. The molecule has 3 aromatic rings. The molecule has 1 saturated heterocycles. The normalized spacial score (nSPS) is 20.9. The maximum atomic E-state index is 14.5. The Morgan fingerprint density at radius 2 is 2.03 bits per heavy atom. The van der Waals surface area contributed by atoms with Gasteiger partial charge < -0.3 is 15.4 Å². The van der Waals surface area contributed by atoms with Gasteiger partial charge in [0.1, 0.15) is 0 Å². The lowest BCUT2D eigenvalue weighted by molar-refractivity contribution is -0.152. The molecule has 0 bridgehead atoms. The summed E-state index contributed by atoms with van der Waals surface area (Å²) in [4.78, 5) is 20.4. The summed E-state index contributed by atoms with van der Waals surface area (Å²) >= 11 is 5.94. The fourth-order valence-corrected chi connectivity index (χ4v) is 7.37. The average Bonchev–Trinajstić information content (AvgIpc) is 3.24. The first-order valence-electron chi connectivity index (χ1n) is 12.1. The molecule has 1 amide bonds. The first kappa shape index (κ1) is 29.0. The number of hydrogen-bond acceptors (Lipinski definition) is 8. The Labute approximate surface area is 228 Å². The zero-order valence-electron chi connectivity index (χ0n) is 21.6. The van der Waals surface area contributed by atoms with Crippen molar-refractivity contribution in [1.29, 1.82) is 0 Å². The Morgan fingerprint density at radius 3 is 2.64 bits per heavy atom. The van der Waals surface area contributed by atoms with Gasteiger partial charge in [0.2, 0.25) is 11.2 Å². The number of carbonyl (C=O) groups excluding carboxylic acids is 1. The average molecular weight is 589 g/mol. The highest BCUT2D eigenvalue weighted by molar-refractivity contribution is 7.92. The minimum absolute atomic E-state index is 0.0114. The SMILES string of the molecule is CNC(=O)C1CCS(=O)(=O)C([C@@H](c2ccc(Nc3cnc4nc(Cl)nn4c3[C@H](C)OC)cc2C)C(F)(F)F)C1. The fourth-order valence-electron chi connectivity index (χ4n) is 5.06. The highest BCUT2D eigenvalue weighted by Crippen LogP contribution is 2.46. The number of amides is 1. The zero-order chi connectivity index (χ0) is 28.7. The van der Waals surface area contributed by atoms with Gasteiger partial charge in [0.25, 0.3) is 5.78 Å². The van der Waals surface area contributed by atoms with Gasteiger partial charge in [0.05, 0.1) is 40.6 Å². The van der Waals surface area contributed by atoms with E-state index in [0.29, 0.717) is 17.1 Å². The van der Waals surface area contributed by atoms with Crippen LogP contribution in [0.15, 0.2) is 24.4 Å². The van der Waals surface area contributed by atoms with Gasteiger partial charge in [-0.15, -0.1) is 5.10 Å². The second kappa shape index (κ2) is 10.9. The molecule has 2 N–H and O–H groups in total. The number of fused-ring (bicyclic) bond motifs is 1. The molecule has 4 atom stereocenters. The third-order valence-electron chi connectivity index (χ3n) is 7.07. The lowest BCUT2D eigenvalue weighted by Crippen LogP contribution is -2.46. The number of methoxy groups -OCH3 is 1. The lowest BCUT2D eigenvalue weighted by atomic mass is 9.85. The van der Waals surface area contributed by atoms with E-state index in [4.69, 9.17) is 16.3 Å². The van der Waals surface area contributed by atoms with Crippen LogP contribution in [0.1, 0.15) is 48.6 Å². The number of halogens is 4. The maximum Gasteiger partial charge on any atom is 0.397 e. The molecule has 4 rings (SSSR count). The molecule has 1 fully saturated rings. The van der Waals surface area contributed by atoms with E-state index in [2.05, 4.69) is 25.7 Å². The summed E-state index contributed by atoms with van der Waals surface area (Å²) in [5.74, 6) is -3.81. The number of sulfone groups is 1. The van der Waals surface area contributed by atoms with E-state index in [1.54, 1.807) is 6.92 Å². The molecule has 1 aromatic carbocycles. The number of nitrogens with zero attached hydrogens (tertiary/aromatic N) is 4. The Hall–Kier alpha value is -2.97. The molecule has 39 heavy (non-hydrogen) atoms. The van der Waals surface area contributed by atoms with Crippen molar-refractivity contribution in [2.45, 2.75) is 50.1 Å². The summed E-state index contributed by atoms with van der Waals surface area (Å²) < 4.78 is 76.0. The number of benzene rings is 1. The molecule has 0 aliphatic carbocycles. The summed E-state index contributed by atoms with van der Waals surface area (Å²) in [6.45, 7) is 3.26. The molecule has 3 heterocycles. The summed E-state index contributed by atoms with van der Waals surface area (Å²) in [6, 6.07) is 4.21. The first-order chi connectivity index (χ1) is 18.3. The van der Waals surface area contributed by atoms with Gasteiger partial charge in [-0.05, 0) is 61.5 Å². The van der Waals surface area contributed by atoms with Crippen LogP contribution in [-0.4, -0.2) is 65.2 Å². The first-order valence-corrected chi connectivity index (χ1v) is 14.2. The number of aryl methyl sites for hydroxylation is 1. The van der Waals surface area contributed by atoms with E-state index < -0.39 is 57.3 Å². The monoisotopic (exact) mass is 588 g/mol. The van der Waals surface area contributed by atoms with Crippen LogP contribution >= 0.6 is 11.6 Å². The number of rotatable bonds is 7. The Morgan fingerprint density at radius 1 is 1.31 bits per heavy atom. The van der Waals surface area contributed by atoms with E-state index >= 15 is 0 Å². The van der Waals surface area contributed by atoms with Crippen molar-refractivity contribution in [3.8, 4) is 0 Å². The van der Waals surface area contributed by atoms with E-state index in [0.717, 1.165) is 0 Å². The van der Waals surface area contributed by atoms with Crippen LogP contribution in [0.5, 0.6) is 0 Å². The molecule has 2 aromatic heterocycles. The lowest BCUT2D eigenvalue weighted by Gasteiger charge is -2.35. The van der Waals surface area contributed by atoms with Crippen molar-refractivity contribution in [3.63, 3.8) is 0 Å². The molecule has 2 unspecified atom stereocenters. The second-order valence-electron chi connectivity index (χ2n) is 9.48. The largest absolute Gasteiger partial charge is 0.397 e. The van der Waals surface area contributed by atoms with Crippen LogP contribution in [0.2, 0.25) is 5.28 Å². The standard InChI is InChI=1S/C24H28ClF3N6O4S/c1-12-9-15(31-17-11-30-23-32-22(25)33-34(23)20(17)13(2)38-4)5-6-16(12)19(24(26,27)28)18-10-14(21(35)29-3)7-8-39(18,36)37/h5-6,9,11,13-14,18-19,31H,7-8,10H2,1-4H3,(H,29,35)/t13-,14?,18?,19+/m0/s1. The Balaban J connectivity index is 1.72. The van der Waals surface area contributed by atoms with Crippen LogP contribution in [0.3, 0.4) is 0 Å². The summed E-state index contributed by atoms with van der Waals surface area (Å²) in [7, 11) is -1.23. The molecule has 0 spiro atoms. The predicted octanol–water partition coefficient (Wildman–Crippen LogP) is 4.12. The van der Waals surface area contributed by atoms with Gasteiger partial charge in [-0.1, -0.05) is 6.07 Å². The Bertz CT molecular complexity index is 1500.